The van der Waals surface area contributed by atoms with E-state index >= 15 is 0 Å². The molecule has 1 fully saturated rings. The number of carboxylic acid groups (broad SMARTS) is 1. The zero-order valence-electron chi connectivity index (χ0n) is 11.7. The van der Waals surface area contributed by atoms with Crippen LogP contribution in [0.1, 0.15) is 34.1 Å². The second-order valence-electron chi connectivity index (χ2n) is 5.32. The highest BCUT2D eigenvalue weighted by molar-refractivity contribution is 5.76. The summed E-state index contributed by atoms with van der Waals surface area (Å²) in [6.45, 7) is 9.63. The third-order valence-electron chi connectivity index (χ3n) is 3.70. The molecule has 1 rings (SSSR count). The summed E-state index contributed by atoms with van der Waals surface area (Å²) in [5.74, 6) is -1.04. The normalized spacial score (nSPS) is 24.2. The van der Waals surface area contributed by atoms with Crippen molar-refractivity contribution in [2.24, 2.45) is 11.8 Å². The predicted octanol–water partition coefficient (Wildman–Crippen LogP) is 1.88. The molecule has 5 heteroatoms. The molecule has 18 heavy (non-hydrogen) atoms. The van der Waals surface area contributed by atoms with Crippen LogP contribution in [0.15, 0.2) is 0 Å². The monoisotopic (exact) mass is 256 g/mol. The van der Waals surface area contributed by atoms with Gasteiger partial charge in [0.1, 0.15) is 0 Å². The van der Waals surface area contributed by atoms with Gasteiger partial charge in [-0.3, -0.25) is 4.79 Å². The topological polar surface area (TPSA) is 60.9 Å². The number of piperidine rings is 1. The Balaban J connectivity index is 2.65. The first kappa shape index (κ1) is 14.8. The molecule has 0 bridgehead atoms. The van der Waals surface area contributed by atoms with Crippen molar-refractivity contribution in [1.82, 2.24) is 9.80 Å². The maximum Gasteiger partial charge on any atom is 0.320 e. The fraction of sp³-hybridized carbons (Fsp3) is 0.846. The van der Waals surface area contributed by atoms with Crippen LogP contribution in [-0.2, 0) is 4.79 Å². The van der Waals surface area contributed by atoms with Gasteiger partial charge in [0, 0.05) is 25.7 Å². The molecule has 1 heterocycles. The highest BCUT2D eigenvalue weighted by Gasteiger charge is 2.34. The van der Waals surface area contributed by atoms with E-state index in [9.17, 15) is 9.59 Å². The molecular formula is C13H24N2O3. The number of carbonyl (C=O) groups excluding carboxylic acids is 1. The molecule has 0 aliphatic carbocycles. The summed E-state index contributed by atoms with van der Waals surface area (Å²) in [6.07, 6.45) is 0.553. The average Bonchev–Trinajstić information content (AvgIpc) is 2.28. The lowest BCUT2D eigenvalue weighted by Gasteiger charge is -2.38. The summed E-state index contributed by atoms with van der Waals surface area (Å²) in [7, 11) is 0. The van der Waals surface area contributed by atoms with Gasteiger partial charge in [-0.1, -0.05) is 6.92 Å². The minimum atomic E-state index is -0.745. The first-order valence-electron chi connectivity index (χ1n) is 6.66. The van der Waals surface area contributed by atoms with Crippen molar-refractivity contribution < 1.29 is 14.7 Å². The van der Waals surface area contributed by atoms with E-state index in [1.165, 1.54) is 0 Å². The van der Waals surface area contributed by atoms with E-state index in [-0.39, 0.29) is 23.9 Å². The number of likely N-dealkylation sites (tertiary alicyclic amines) is 1. The number of aliphatic carboxylic acids is 1. The molecular weight excluding hydrogens is 232 g/mol. The Kier molecular flexibility index (Phi) is 4.99. The van der Waals surface area contributed by atoms with Crippen LogP contribution in [0, 0.1) is 11.8 Å². The highest BCUT2D eigenvalue weighted by Crippen LogP contribution is 2.24. The number of hydrogen-bond acceptors (Lipinski definition) is 2. The Labute approximate surface area is 109 Å². The Bertz CT molecular complexity index is 317. The summed E-state index contributed by atoms with van der Waals surface area (Å²) in [5.41, 5.74) is 0. The predicted molar refractivity (Wildman–Crippen MR) is 69.4 cm³/mol. The molecule has 0 aromatic heterocycles. The third kappa shape index (κ3) is 3.15. The van der Waals surface area contributed by atoms with Gasteiger partial charge in [0.25, 0.3) is 0 Å². The van der Waals surface area contributed by atoms with E-state index < -0.39 is 5.97 Å². The maximum absolute atomic E-state index is 12.3. The minimum absolute atomic E-state index is 0.0195. The van der Waals surface area contributed by atoms with Gasteiger partial charge in [-0.05, 0) is 33.1 Å². The van der Waals surface area contributed by atoms with Crippen molar-refractivity contribution in [3.05, 3.63) is 0 Å². The van der Waals surface area contributed by atoms with Crippen LogP contribution in [0.25, 0.3) is 0 Å². The van der Waals surface area contributed by atoms with Crippen LogP contribution in [0.5, 0.6) is 0 Å². The van der Waals surface area contributed by atoms with Crippen molar-refractivity contribution in [3.63, 3.8) is 0 Å². The van der Waals surface area contributed by atoms with E-state index in [0.29, 0.717) is 26.1 Å². The second kappa shape index (κ2) is 6.07. The van der Waals surface area contributed by atoms with Gasteiger partial charge >= 0.3 is 12.0 Å². The molecule has 0 aromatic carbocycles. The summed E-state index contributed by atoms with van der Waals surface area (Å²) < 4.78 is 0. The van der Waals surface area contributed by atoms with Crippen molar-refractivity contribution in [2.45, 2.75) is 40.2 Å². The summed E-state index contributed by atoms with van der Waals surface area (Å²) >= 11 is 0. The zero-order valence-corrected chi connectivity index (χ0v) is 11.7. The molecule has 1 saturated heterocycles. The summed E-state index contributed by atoms with van der Waals surface area (Å²) in [5, 5.41) is 9.06. The van der Waals surface area contributed by atoms with E-state index in [1.807, 2.05) is 32.6 Å². The summed E-state index contributed by atoms with van der Waals surface area (Å²) in [4.78, 5) is 26.9. The average molecular weight is 256 g/mol. The third-order valence-corrected chi connectivity index (χ3v) is 3.70. The van der Waals surface area contributed by atoms with Crippen molar-refractivity contribution in [1.29, 1.82) is 0 Å². The van der Waals surface area contributed by atoms with Gasteiger partial charge in [-0.2, -0.15) is 0 Å². The Morgan fingerprint density at radius 1 is 1.44 bits per heavy atom. The van der Waals surface area contributed by atoms with Crippen LogP contribution in [0.3, 0.4) is 0 Å². The fourth-order valence-corrected chi connectivity index (χ4v) is 2.59. The van der Waals surface area contributed by atoms with Gasteiger partial charge in [0.2, 0.25) is 0 Å². The number of carbonyl (C=O) groups is 2. The lowest BCUT2D eigenvalue weighted by atomic mass is 9.87. The zero-order chi connectivity index (χ0) is 13.9. The SMILES string of the molecule is CCN(C(=O)N1CCC(C(=O)O)C(C)C1)C(C)C. The molecule has 0 radical (unpaired) electrons. The smallest absolute Gasteiger partial charge is 0.320 e. The Morgan fingerprint density at radius 3 is 2.44 bits per heavy atom. The molecule has 0 spiro atoms. The van der Waals surface area contributed by atoms with Gasteiger partial charge in [-0.15, -0.1) is 0 Å². The summed E-state index contributed by atoms with van der Waals surface area (Å²) in [6, 6.07) is 0.207. The van der Waals surface area contributed by atoms with Crippen LogP contribution in [0.4, 0.5) is 4.79 Å². The molecule has 5 nitrogen and oxygen atoms in total. The number of urea groups is 1. The van der Waals surface area contributed by atoms with Crippen LogP contribution in [-0.4, -0.2) is 52.6 Å². The molecule has 104 valence electrons. The lowest BCUT2D eigenvalue weighted by Crippen LogP contribution is -2.51. The molecule has 1 N–H and O–H groups in total. The van der Waals surface area contributed by atoms with E-state index in [4.69, 9.17) is 5.11 Å². The molecule has 2 amide bonds. The molecule has 0 saturated carbocycles. The minimum Gasteiger partial charge on any atom is -0.481 e. The maximum atomic E-state index is 12.3. The largest absolute Gasteiger partial charge is 0.481 e. The van der Waals surface area contributed by atoms with Crippen molar-refractivity contribution in [2.75, 3.05) is 19.6 Å². The number of hydrogen-bond donors (Lipinski definition) is 1. The molecule has 2 unspecified atom stereocenters. The standard InChI is InChI=1S/C13H24N2O3/c1-5-15(9(2)3)13(18)14-7-6-11(12(16)17)10(4)8-14/h9-11H,5-8H2,1-4H3,(H,16,17). The Morgan fingerprint density at radius 2 is 2.06 bits per heavy atom. The highest BCUT2D eigenvalue weighted by atomic mass is 16.4. The van der Waals surface area contributed by atoms with E-state index in [2.05, 4.69) is 0 Å². The molecule has 0 aromatic rings. The second-order valence-corrected chi connectivity index (χ2v) is 5.32. The van der Waals surface area contributed by atoms with Gasteiger partial charge in [0.15, 0.2) is 0 Å². The van der Waals surface area contributed by atoms with Crippen molar-refractivity contribution in [3.8, 4) is 0 Å². The quantitative estimate of drug-likeness (QED) is 0.838. The van der Waals surface area contributed by atoms with E-state index in [0.717, 1.165) is 0 Å². The number of nitrogens with zero attached hydrogens (tertiary/aromatic N) is 2. The van der Waals surface area contributed by atoms with Crippen LogP contribution < -0.4 is 0 Å². The molecule has 1 aliphatic rings. The molecule has 1 aliphatic heterocycles. The van der Waals surface area contributed by atoms with Gasteiger partial charge in [0.05, 0.1) is 5.92 Å². The van der Waals surface area contributed by atoms with Crippen molar-refractivity contribution >= 4 is 12.0 Å². The Hall–Kier alpha value is -1.26. The molecule has 2 atom stereocenters. The van der Waals surface area contributed by atoms with Gasteiger partial charge in [-0.25, -0.2) is 4.79 Å². The number of carboxylic acids is 1. The van der Waals surface area contributed by atoms with Crippen LogP contribution >= 0.6 is 0 Å². The van der Waals surface area contributed by atoms with Gasteiger partial charge < -0.3 is 14.9 Å². The van der Waals surface area contributed by atoms with E-state index in [1.54, 1.807) is 4.90 Å². The fourth-order valence-electron chi connectivity index (χ4n) is 2.59. The number of amides is 2. The lowest BCUT2D eigenvalue weighted by molar-refractivity contribution is -0.145. The first-order valence-corrected chi connectivity index (χ1v) is 6.66. The first-order chi connectivity index (χ1) is 8.38. The number of rotatable bonds is 3. The van der Waals surface area contributed by atoms with Crippen LogP contribution in [0.2, 0.25) is 0 Å².